The van der Waals surface area contributed by atoms with Crippen LogP contribution in [0.5, 0.6) is 0 Å². The first-order valence-electron chi connectivity index (χ1n) is 10.3. The van der Waals surface area contributed by atoms with Gasteiger partial charge in [-0.15, -0.1) is 0 Å². The summed E-state index contributed by atoms with van der Waals surface area (Å²) in [5.41, 5.74) is 2.52. The number of ether oxygens (including phenoxy) is 1. The van der Waals surface area contributed by atoms with Gasteiger partial charge in [0.2, 0.25) is 0 Å². The minimum atomic E-state index is -0.157. The van der Waals surface area contributed by atoms with E-state index in [1.54, 1.807) is 12.3 Å². The van der Waals surface area contributed by atoms with E-state index >= 15 is 0 Å². The molecule has 3 heterocycles. The van der Waals surface area contributed by atoms with Crippen molar-refractivity contribution in [2.24, 2.45) is 0 Å². The van der Waals surface area contributed by atoms with E-state index in [1.165, 1.54) is 5.69 Å². The van der Waals surface area contributed by atoms with Crippen LogP contribution in [-0.2, 0) is 4.74 Å². The molecule has 0 radical (unpaired) electrons. The number of nitrogens with zero attached hydrogens (tertiary/aromatic N) is 3. The molecule has 2 saturated heterocycles. The van der Waals surface area contributed by atoms with Crippen LogP contribution in [0, 0.1) is 0 Å². The predicted molar refractivity (Wildman–Crippen MR) is 116 cm³/mol. The number of carbonyl (C=O) groups excluding carboxylic acids is 1. The number of pyridine rings is 1. The molecule has 2 fully saturated rings. The molecule has 1 unspecified atom stereocenters. The number of piperazine rings is 1. The minimum Gasteiger partial charge on any atom is -0.376 e. The average Bonchev–Trinajstić information content (AvgIpc) is 3.27. The van der Waals surface area contributed by atoms with E-state index in [9.17, 15) is 4.79 Å². The van der Waals surface area contributed by atoms with Crippen molar-refractivity contribution in [3.63, 3.8) is 0 Å². The number of amides is 1. The Morgan fingerprint density at radius 1 is 1.14 bits per heavy atom. The Morgan fingerprint density at radius 2 is 1.93 bits per heavy atom. The van der Waals surface area contributed by atoms with Crippen molar-refractivity contribution in [3.05, 3.63) is 48.2 Å². The largest absolute Gasteiger partial charge is 0.376 e. The molecule has 1 atom stereocenters. The van der Waals surface area contributed by atoms with Gasteiger partial charge in [0.15, 0.2) is 0 Å². The molecule has 2 aliphatic rings. The second-order valence-electron chi connectivity index (χ2n) is 7.74. The zero-order chi connectivity index (χ0) is 20.1. The van der Waals surface area contributed by atoms with Crippen molar-refractivity contribution < 1.29 is 9.53 Å². The smallest absolute Gasteiger partial charge is 0.257 e. The minimum absolute atomic E-state index is 0.157. The van der Waals surface area contributed by atoms with Gasteiger partial charge in [0.25, 0.3) is 5.91 Å². The molecule has 7 heteroatoms. The summed E-state index contributed by atoms with van der Waals surface area (Å²) in [5.74, 6) is 0.601. The average molecular weight is 396 g/mol. The quantitative estimate of drug-likeness (QED) is 0.784. The summed E-state index contributed by atoms with van der Waals surface area (Å²) >= 11 is 0. The third kappa shape index (κ3) is 5.25. The van der Waals surface area contributed by atoms with E-state index in [0.717, 1.165) is 63.7 Å². The summed E-state index contributed by atoms with van der Waals surface area (Å²) < 4.78 is 5.60. The number of likely N-dealkylation sites (N-methyl/N-ethyl adjacent to an activating group) is 1. The Hall–Kier alpha value is -2.64. The summed E-state index contributed by atoms with van der Waals surface area (Å²) in [7, 11) is 2.15. The molecule has 0 spiro atoms. The maximum Gasteiger partial charge on any atom is 0.257 e. The van der Waals surface area contributed by atoms with Gasteiger partial charge in [0.1, 0.15) is 5.82 Å². The Morgan fingerprint density at radius 3 is 2.59 bits per heavy atom. The van der Waals surface area contributed by atoms with Crippen molar-refractivity contribution in [2.45, 2.75) is 18.9 Å². The van der Waals surface area contributed by atoms with E-state index in [-0.39, 0.29) is 12.0 Å². The van der Waals surface area contributed by atoms with E-state index < -0.39 is 0 Å². The molecule has 7 nitrogen and oxygen atoms in total. The van der Waals surface area contributed by atoms with Gasteiger partial charge in [-0.3, -0.25) is 4.79 Å². The third-order valence-electron chi connectivity index (χ3n) is 5.55. The highest BCUT2D eigenvalue weighted by Crippen LogP contribution is 2.20. The molecule has 0 bridgehead atoms. The molecule has 154 valence electrons. The first kappa shape index (κ1) is 19.7. The monoisotopic (exact) mass is 395 g/mol. The summed E-state index contributed by atoms with van der Waals surface area (Å²) in [4.78, 5) is 21.6. The van der Waals surface area contributed by atoms with Crippen LogP contribution < -0.4 is 15.5 Å². The van der Waals surface area contributed by atoms with Gasteiger partial charge >= 0.3 is 0 Å². The summed E-state index contributed by atoms with van der Waals surface area (Å²) in [6, 6.07) is 11.7. The number of rotatable bonds is 6. The van der Waals surface area contributed by atoms with E-state index in [1.807, 2.05) is 18.2 Å². The molecule has 2 aliphatic heterocycles. The van der Waals surface area contributed by atoms with Crippen LogP contribution in [0.4, 0.5) is 17.2 Å². The van der Waals surface area contributed by atoms with Crippen molar-refractivity contribution in [1.82, 2.24) is 9.88 Å². The maximum atomic E-state index is 12.5. The molecule has 2 aromatic rings. The van der Waals surface area contributed by atoms with Gasteiger partial charge in [-0.25, -0.2) is 4.98 Å². The van der Waals surface area contributed by atoms with Crippen molar-refractivity contribution >= 4 is 23.1 Å². The van der Waals surface area contributed by atoms with Crippen LogP contribution in [0.25, 0.3) is 0 Å². The lowest BCUT2D eigenvalue weighted by molar-refractivity contribution is 0.102. The van der Waals surface area contributed by atoms with Crippen LogP contribution in [0.15, 0.2) is 42.6 Å². The van der Waals surface area contributed by atoms with Gasteiger partial charge in [-0.1, -0.05) is 0 Å². The maximum absolute atomic E-state index is 12.5. The molecule has 1 aromatic heterocycles. The van der Waals surface area contributed by atoms with Crippen molar-refractivity contribution in [3.8, 4) is 0 Å². The van der Waals surface area contributed by atoms with Crippen LogP contribution in [0.3, 0.4) is 0 Å². The summed E-state index contributed by atoms with van der Waals surface area (Å²) in [6.45, 7) is 5.80. The number of nitrogens with one attached hydrogen (secondary N) is 2. The lowest BCUT2D eigenvalue weighted by Crippen LogP contribution is -2.44. The highest BCUT2D eigenvalue weighted by molar-refractivity contribution is 6.04. The SMILES string of the molecule is CN1CCN(c2ccc(NC(=O)c3ccc(NCC4CCCO4)nc3)cc2)CC1. The fourth-order valence-electron chi connectivity index (χ4n) is 3.68. The van der Waals surface area contributed by atoms with Crippen LogP contribution >= 0.6 is 0 Å². The topological polar surface area (TPSA) is 69.7 Å². The zero-order valence-electron chi connectivity index (χ0n) is 16.9. The number of carbonyl (C=O) groups is 1. The number of hydrogen-bond donors (Lipinski definition) is 2. The Labute approximate surface area is 172 Å². The van der Waals surface area contributed by atoms with Gasteiger partial charge in [0.05, 0.1) is 11.7 Å². The van der Waals surface area contributed by atoms with Gasteiger partial charge < -0.3 is 25.2 Å². The molecule has 2 N–H and O–H groups in total. The summed E-state index contributed by atoms with van der Waals surface area (Å²) in [5, 5.41) is 6.21. The molecule has 29 heavy (non-hydrogen) atoms. The van der Waals surface area contributed by atoms with E-state index in [4.69, 9.17) is 4.74 Å². The van der Waals surface area contributed by atoms with Crippen LogP contribution in [0.2, 0.25) is 0 Å². The second-order valence-corrected chi connectivity index (χ2v) is 7.74. The number of anilines is 3. The molecule has 4 rings (SSSR count). The fourth-order valence-corrected chi connectivity index (χ4v) is 3.68. The second kappa shape index (κ2) is 9.24. The third-order valence-corrected chi connectivity index (χ3v) is 5.55. The molecule has 0 saturated carbocycles. The fraction of sp³-hybridized carbons (Fsp3) is 0.455. The van der Waals surface area contributed by atoms with E-state index in [2.05, 4.69) is 44.6 Å². The Balaban J connectivity index is 1.29. The lowest BCUT2D eigenvalue weighted by atomic mass is 10.2. The van der Waals surface area contributed by atoms with Gasteiger partial charge in [-0.05, 0) is 56.3 Å². The first-order valence-corrected chi connectivity index (χ1v) is 10.3. The molecular formula is C22H29N5O2. The number of aromatic nitrogens is 1. The van der Waals surface area contributed by atoms with Crippen LogP contribution in [0.1, 0.15) is 23.2 Å². The number of benzene rings is 1. The standard InChI is InChI=1S/C22H29N5O2/c1-26-10-12-27(13-11-26)19-7-5-18(6-8-19)25-22(28)17-4-9-21(23-15-17)24-16-20-3-2-14-29-20/h4-9,15,20H,2-3,10-14,16H2,1H3,(H,23,24)(H,25,28). The predicted octanol–water partition coefficient (Wildman–Crippen LogP) is 2.68. The lowest BCUT2D eigenvalue weighted by Gasteiger charge is -2.34. The van der Waals surface area contributed by atoms with Gasteiger partial charge in [0, 0.05) is 56.9 Å². The van der Waals surface area contributed by atoms with Crippen LogP contribution in [-0.4, -0.2) is 68.3 Å². The molecule has 1 aromatic carbocycles. The molecule has 0 aliphatic carbocycles. The van der Waals surface area contributed by atoms with Gasteiger partial charge in [-0.2, -0.15) is 0 Å². The zero-order valence-corrected chi connectivity index (χ0v) is 16.9. The van der Waals surface area contributed by atoms with E-state index in [0.29, 0.717) is 5.56 Å². The first-order chi connectivity index (χ1) is 14.2. The summed E-state index contributed by atoms with van der Waals surface area (Å²) in [6.07, 6.45) is 4.07. The normalized spacial score (nSPS) is 19.9. The number of hydrogen-bond acceptors (Lipinski definition) is 6. The Kier molecular flexibility index (Phi) is 6.27. The molecule has 1 amide bonds. The molecular weight excluding hydrogens is 366 g/mol. The Bertz CT molecular complexity index is 795. The highest BCUT2D eigenvalue weighted by atomic mass is 16.5. The highest BCUT2D eigenvalue weighted by Gasteiger charge is 2.16. The van der Waals surface area contributed by atoms with Crippen molar-refractivity contribution in [1.29, 1.82) is 0 Å². The van der Waals surface area contributed by atoms with Crippen molar-refractivity contribution in [2.75, 3.05) is 61.9 Å².